The Bertz CT molecular complexity index is 1630. The number of nitrogens with one attached hydrogen (secondary N) is 2. The summed E-state index contributed by atoms with van der Waals surface area (Å²) in [6.07, 6.45) is 3.94. The molecule has 1 aliphatic carbocycles. The second-order valence-electron chi connectivity index (χ2n) is 12.1. The highest BCUT2D eigenvalue weighted by molar-refractivity contribution is 5.71. The van der Waals surface area contributed by atoms with Gasteiger partial charge in [-0.15, -0.1) is 0 Å². The van der Waals surface area contributed by atoms with Crippen LogP contribution >= 0.6 is 0 Å². The molecule has 0 saturated carbocycles. The van der Waals surface area contributed by atoms with Crippen LogP contribution in [0.4, 0.5) is 10.6 Å². The summed E-state index contributed by atoms with van der Waals surface area (Å²) in [6.45, 7) is 7.61. The number of alkyl carbamates (subject to hydrolysis) is 1. The van der Waals surface area contributed by atoms with E-state index in [0.29, 0.717) is 17.7 Å². The first kappa shape index (κ1) is 26.9. The maximum Gasteiger partial charge on any atom is 0.408 e. The van der Waals surface area contributed by atoms with Gasteiger partial charge in [-0.2, -0.15) is 0 Å². The Morgan fingerprint density at radius 1 is 1.12 bits per heavy atom. The Labute approximate surface area is 238 Å². The molecule has 1 atom stereocenters. The van der Waals surface area contributed by atoms with Crippen LogP contribution in [0, 0.1) is 5.41 Å². The molecule has 1 spiro atoms. The molecule has 0 radical (unpaired) electrons. The number of fused-ring (bicyclic) bond motifs is 2. The molecule has 1 amide bonds. The first-order valence-corrected chi connectivity index (χ1v) is 14.0. The number of ether oxygens (including phenoxy) is 2. The number of aromatic nitrogens is 4. The lowest BCUT2D eigenvalue weighted by atomic mass is 9.72. The minimum Gasteiger partial charge on any atom is -0.497 e. The maximum atomic E-state index is 12.9. The fourth-order valence-corrected chi connectivity index (χ4v) is 6.22. The molecule has 3 heterocycles. The van der Waals surface area contributed by atoms with Crippen LogP contribution in [0.15, 0.2) is 59.5 Å². The molecule has 1 unspecified atom stereocenters. The number of methoxy groups -OCH3 is 1. The largest absolute Gasteiger partial charge is 0.497 e. The van der Waals surface area contributed by atoms with Gasteiger partial charge in [0.15, 0.2) is 11.2 Å². The minimum absolute atomic E-state index is 0.112. The van der Waals surface area contributed by atoms with Crippen LogP contribution in [0.3, 0.4) is 0 Å². The Balaban J connectivity index is 1.22. The molecule has 2 aromatic heterocycles. The normalized spacial score (nSPS) is 18.0. The van der Waals surface area contributed by atoms with Crippen molar-refractivity contribution in [2.75, 3.05) is 25.1 Å². The highest BCUT2D eigenvalue weighted by Gasteiger charge is 2.48. The molecule has 214 valence electrons. The number of hydrogen-bond donors (Lipinski definition) is 2. The smallest absolute Gasteiger partial charge is 0.408 e. The second-order valence-corrected chi connectivity index (χ2v) is 12.1. The first-order valence-electron chi connectivity index (χ1n) is 14.0. The van der Waals surface area contributed by atoms with Crippen molar-refractivity contribution in [3.63, 3.8) is 0 Å². The summed E-state index contributed by atoms with van der Waals surface area (Å²) in [5.41, 5.74) is 3.37. The number of H-pyrrole nitrogens is 1. The van der Waals surface area contributed by atoms with Gasteiger partial charge in [-0.1, -0.05) is 36.4 Å². The van der Waals surface area contributed by atoms with Crippen molar-refractivity contribution < 1.29 is 14.3 Å². The van der Waals surface area contributed by atoms with Gasteiger partial charge in [0.1, 0.15) is 17.2 Å². The molecule has 6 rings (SSSR count). The number of anilines is 1. The molecule has 1 fully saturated rings. The van der Waals surface area contributed by atoms with E-state index in [1.165, 1.54) is 11.1 Å². The van der Waals surface area contributed by atoms with Gasteiger partial charge < -0.3 is 19.7 Å². The third kappa shape index (κ3) is 5.26. The van der Waals surface area contributed by atoms with Crippen LogP contribution in [0.2, 0.25) is 0 Å². The quantitative estimate of drug-likeness (QED) is 0.370. The third-order valence-electron chi connectivity index (χ3n) is 8.21. The monoisotopic (exact) mass is 556 g/mol. The predicted molar refractivity (Wildman–Crippen MR) is 156 cm³/mol. The molecule has 2 aromatic carbocycles. The average Bonchev–Trinajstić information content (AvgIpc) is 3.41. The van der Waals surface area contributed by atoms with Crippen LogP contribution in [-0.4, -0.2) is 51.6 Å². The number of amides is 1. The van der Waals surface area contributed by atoms with Gasteiger partial charge >= 0.3 is 6.09 Å². The Morgan fingerprint density at radius 2 is 1.85 bits per heavy atom. The number of carbonyl (C=O) groups is 1. The molecular formula is C31H36N6O4. The third-order valence-corrected chi connectivity index (χ3v) is 8.21. The number of benzene rings is 2. The van der Waals surface area contributed by atoms with Gasteiger partial charge in [-0.25, -0.2) is 14.8 Å². The van der Waals surface area contributed by atoms with Crippen molar-refractivity contribution in [1.82, 2.24) is 25.1 Å². The van der Waals surface area contributed by atoms with Gasteiger partial charge in [0.25, 0.3) is 5.56 Å². The van der Waals surface area contributed by atoms with Crippen molar-refractivity contribution in [2.24, 2.45) is 5.41 Å². The molecule has 10 heteroatoms. The molecule has 2 N–H and O–H groups in total. The second kappa shape index (κ2) is 10.2. The minimum atomic E-state index is -0.567. The van der Waals surface area contributed by atoms with Crippen molar-refractivity contribution >= 4 is 23.1 Å². The SMILES string of the molecule is COc1ccc(Cn2[nH]c(=O)c3ncc(N4CCC5(CC4)Cc4ccccc4C5NC(=O)OC(C)(C)C)nc32)cc1. The van der Waals surface area contributed by atoms with E-state index in [4.69, 9.17) is 14.5 Å². The zero-order chi connectivity index (χ0) is 28.8. The van der Waals surface area contributed by atoms with E-state index in [0.717, 1.165) is 49.5 Å². The lowest BCUT2D eigenvalue weighted by Crippen LogP contribution is -2.48. The maximum absolute atomic E-state index is 12.9. The fraction of sp³-hybridized carbons (Fsp3) is 0.419. The summed E-state index contributed by atoms with van der Waals surface area (Å²) >= 11 is 0. The molecule has 41 heavy (non-hydrogen) atoms. The highest BCUT2D eigenvalue weighted by Crippen LogP contribution is 2.52. The predicted octanol–water partition coefficient (Wildman–Crippen LogP) is 4.59. The van der Waals surface area contributed by atoms with E-state index in [-0.39, 0.29) is 23.1 Å². The zero-order valence-corrected chi connectivity index (χ0v) is 23.9. The van der Waals surface area contributed by atoms with Gasteiger partial charge in [-0.3, -0.25) is 14.6 Å². The Kier molecular flexibility index (Phi) is 6.71. The van der Waals surface area contributed by atoms with E-state index in [2.05, 4.69) is 38.5 Å². The number of aromatic amines is 1. The fourth-order valence-electron chi connectivity index (χ4n) is 6.22. The summed E-state index contributed by atoms with van der Waals surface area (Å²) in [5, 5.41) is 6.10. The van der Waals surface area contributed by atoms with Gasteiger partial charge in [0.05, 0.1) is 25.9 Å². The standard InChI is InChI=1S/C31H36N6O4/c1-30(2,3)41-29(39)34-26-23-8-6-5-7-21(23)17-31(26)13-15-36(16-14-31)24-18-32-25-27(33-24)37(35-28(25)38)19-20-9-11-22(40-4)12-10-20/h5-12,18,26H,13-17,19H2,1-4H3,(H,34,39)(H,35,38). The number of rotatable bonds is 5. The van der Waals surface area contributed by atoms with E-state index in [9.17, 15) is 9.59 Å². The summed E-state index contributed by atoms with van der Waals surface area (Å²) < 4.78 is 12.6. The van der Waals surface area contributed by atoms with E-state index in [1.54, 1.807) is 18.0 Å². The Hall–Kier alpha value is -4.34. The van der Waals surface area contributed by atoms with Gasteiger partial charge in [-0.05, 0) is 68.9 Å². The van der Waals surface area contributed by atoms with E-state index < -0.39 is 5.60 Å². The topological polar surface area (TPSA) is 114 Å². The van der Waals surface area contributed by atoms with Crippen LogP contribution in [0.25, 0.3) is 11.2 Å². The summed E-state index contributed by atoms with van der Waals surface area (Å²) in [6, 6.07) is 16.0. The molecule has 1 aliphatic heterocycles. The molecule has 4 aromatic rings. The highest BCUT2D eigenvalue weighted by atomic mass is 16.6. The number of carbonyl (C=O) groups excluding carboxylic acids is 1. The number of piperidine rings is 1. The van der Waals surface area contributed by atoms with Gasteiger partial charge in [0.2, 0.25) is 0 Å². The number of nitrogens with zero attached hydrogens (tertiary/aromatic N) is 4. The molecular weight excluding hydrogens is 520 g/mol. The summed E-state index contributed by atoms with van der Waals surface area (Å²) in [4.78, 5) is 37.1. The van der Waals surface area contributed by atoms with E-state index >= 15 is 0 Å². The van der Waals surface area contributed by atoms with Gasteiger partial charge in [0, 0.05) is 18.5 Å². The first-order chi connectivity index (χ1) is 19.6. The van der Waals surface area contributed by atoms with Crippen molar-refractivity contribution in [3.8, 4) is 5.75 Å². The van der Waals surface area contributed by atoms with Crippen LogP contribution < -0.4 is 20.5 Å². The molecule has 0 bridgehead atoms. The lowest BCUT2D eigenvalue weighted by molar-refractivity contribution is 0.0428. The zero-order valence-electron chi connectivity index (χ0n) is 23.9. The van der Waals surface area contributed by atoms with Crippen molar-refractivity contribution in [3.05, 3.63) is 81.8 Å². The molecule has 2 aliphatic rings. The average molecular weight is 557 g/mol. The Morgan fingerprint density at radius 3 is 2.56 bits per heavy atom. The van der Waals surface area contributed by atoms with E-state index in [1.807, 2.05) is 51.1 Å². The summed E-state index contributed by atoms with van der Waals surface area (Å²) in [7, 11) is 1.63. The van der Waals surface area contributed by atoms with Crippen molar-refractivity contribution in [2.45, 2.75) is 58.2 Å². The summed E-state index contributed by atoms with van der Waals surface area (Å²) in [5.74, 6) is 1.51. The van der Waals surface area contributed by atoms with Crippen LogP contribution in [0.5, 0.6) is 5.75 Å². The van der Waals surface area contributed by atoms with Crippen LogP contribution in [0.1, 0.15) is 56.3 Å². The molecule has 1 saturated heterocycles. The number of hydrogen-bond acceptors (Lipinski definition) is 7. The van der Waals surface area contributed by atoms with Crippen LogP contribution in [-0.2, 0) is 17.7 Å². The van der Waals surface area contributed by atoms with Crippen molar-refractivity contribution in [1.29, 1.82) is 0 Å². The molecule has 10 nitrogen and oxygen atoms in total. The lowest BCUT2D eigenvalue weighted by Gasteiger charge is -2.43.